The van der Waals surface area contributed by atoms with E-state index in [-0.39, 0.29) is 11.1 Å². The smallest absolute Gasteiger partial charge is 0.215 e. The average Bonchev–Trinajstić information content (AvgIpc) is 2.24. The van der Waals surface area contributed by atoms with E-state index in [9.17, 15) is 0 Å². The zero-order valence-corrected chi connectivity index (χ0v) is 13.9. The van der Waals surface area contributed by atoms with Crippen LogP contribution in [0.15, 0.2) is 18.3 Å². The number of ether oxygens (including phenoxy) is 1. The molecule has 5 heteroatoms. The molecule has 0 bridgehead atoms. The summed E-state index contributed by atoms with van der Waals surface area (Å²) in [5.74, 6) is 0.547. The van der Waals surface area contributed by atoms with E-state index >= 15 is 0 Å². The monoisotopic (exact) mass is 282 g/mol. The minimum atomic E-state index is -1.74. The number of hydrogen-bond donors (Lipinski definition) is 1. The van der Waals surface area contributed by atoms with Crippen molar-refractivity contribution in [3.63, 3.8) is 0 Å². The number of anilines is 1. The van der Waals surface area contributed by atoms with Gasteiger partial charge in [0.15, 0.2) is 8.32 Å². The van der Waals surface area contributed by atoms with E-state index in [0.717, 1.165) is 0 Å². The molecule has 0 saturated heterocycles. The molecule has 0 amide bonds. The molecule has 1 rings (SSSR count). The molecule has 2 N–H and O–H groups in total. The maximum Gasteiger partial charge on any atom is 0.215 e. The highest BCUT2D eigenvalue weighted by Gasteiger charge is 2.38. The van der Waals surface area contributed by atoms with Gasteiger partial charge in [-0.25, -0.2) is 4.98 Å². The SMILES string of the molecule is C[C@H](COc1cc(N)ccn1)O[Si](C)(C)C(C)(C)C. The van der Waals surface area contributed by atoms with Crippen LogP contribution in [0.25, 0.3) is 0 Å². The molecule has 1 aromatic rings. The molecule has 1 atom stereocenters. The summed E-state index contributed by atoms with van der Waals surface area (Å²) in [5, 5.41) is 0.205. The van der Waals surface area contributed by atoms with Crippen LogP contribution in [0.5, 0.6) is 5.88 Å². The summed E-state index contributed by atoms with van der Waals surface area (Å²) in [6.45, 7) is 13.7. The Morgan fingerprint density at radius 3 is 2.53 bits per heavy atom. The fraction of sp³-hybridized carbons (Fsp3) is 0.643. The van der Waals surface area contributed by atoms with Crippen LogP contribution < -0.4 is 10.5 Å². The third kappa shape index (κ3) is 4.84. The number of nitrogen functional groups attached to an aromatic ring is 1. The Bertz CT molecular complexity index is 416. The molecule has 0 radical (unpaired) electrons. The van der Waals surface area contributed by atoms with Gasteiger partial charge in [-0.05, 0) is 31.1 Å². The Morgan fingerprint density at radius 2 is 2.00 bits per heavy atom. The van der Waals surface area contributed by atoms with E-state index in [4.69, 9.17) is 14.9 Å². The molecule has 108 valence electrons. The van der Waals surface area contributed by atoms with Gasteiger partial charge in [-0.2, -0.15) is 0 Å². The van der Waals surface area contributed by atoms with E-state index in [0.29, 0.717) is 18.2 Å². The zero-order chi connectivity index (χ0) is 14.7. The molecular formula is C14H26N2O2Si. The van der Waals surface area contributed by atoms with Crippen molar-refractivity contribution in [1.29, 1.82) is 0 Å². The van der Waals surface area contributed by atoms with Gasteiger partial charge >= 0.3 is 0 Å². The third-order valence-corrected chi connectivity index (χ3v) is 8.13. The quantitative estimate of drug-likeness (QED) is 0.840. The van der Waals surface area contributed by atoms with Gasteiger partial charge in [0.05, 0.1) is 6.10 Å². The molecule has 0 aliphatic carbocycles. The standard InChI is InChI=1S/C14H26N2O2Si/c1-11(18-19(5,6)14(2,3)4)10-17-13-9-12(15)7-8-16-13/h7-9,11H,10H2,1-6H3,(H2,15,16)/t11-/m1/s1. The summed E-state index contributed by atoms with van der Waals surface area (Å²) in [4.78, 5) is 4.11. The Hall–Kier alpha value is -1.07. The summed E-state index contributed by atoms with van der Waals surface area (Å²) >= 11 is 0. The molecule has 0 saturated carbocycles. The van der Waals surface area contributed by atoms with Gasteiger partial charge < -0.3 is 14.9 Å². The second-order valence-corrected chi connectivity index (χ2v) is 11.2. The minimum absolute atomic E-state index is 0.0455. The molecule has 0 unspecified atom stereocenters. The van der Waals surface area contributed by atoms with Crippen LogP contribution in [0.2, 0.25) is 18.1 Å². The predicted octanol–water partition coefficient (Wildman–Crippen LogP) is 3.45. The topological polar surface area (TPSA) is 57.4 Å². The van der Waals surface area contributed by atoms with E-state index in [2.05, 4.69) is 38.8 Å². The van der Waals surface area contributed by atoms with Crippen LogP contribution >= 0.6 is 0 Å². The molecule has 4 nitrogen and oxygen atoms in total. The van der Waals surface area contributed by atoms with Crippen molar-refractivity contribution in [2.75, 3.05) is 12.3 Å². The second-order valence-electron chi connectivity index (χ2n) is 6.43. The van der Waals surface area contributed by atoms with E-state index < -0.39 is 8.32 Å². The molecule has 0 fully saturated rings. The first-order valence-electron chi connectivity index (χ1n) is 6.64. The van der Waals surface area contributed by atoms with Gasteiger partial charge in [0, 0.05) is 18.0 Å². The van der Waals surface area contributed by atoms with Crippen LogP contribution in [0.1, 0.15) is 27.7 Å². The lowest BCUT2D eigenvalue weighted by Crippen LogP contribution is -2.44. The fourth-order valence-electron chi connectivity index (χ4n) is 1.42. The minimum Gasteiger partial charge on any atom is -0.475 e. The van der Waals surface area contributed by atoms with Crippen LogP contribution in [0, 0.1) is 0 Å². The Labute approximate surface area is 117 Å². The van der Waals surface area contributed by atoms with Crippen LogP contribution in [0.3, 0.4) is 0 Å². The Kier molecular flexibility index (Phi) is 4.98. The molecule has 0 aliphatic heterocycles. The summed E-state index contributed by atoms with van der Waals surface area (Å²) in [6.07, 6.45) is 1.69. The Balaban J connectivity index is 2.50. The zero-order valence-electron chi connectivity index (χ0n) is 12.9. The lowest BCUT2D eigenvalue weighted by atomic mass is 10.2. The first-order chi connectivity index (χ1) is 8.62. The summed E-state index contributed by atoms with van der Waals surface area (Å²) < 4.78 is 11.8. The number of nitrogens with two attached hydrogens (primary N) is 1. The van der Waals surface area contributed by atoms with Gasteiger partial charge in [0.2, 0.25) is 5.88 Å². The highest BCUT2D eigenvalue weighted by molar-refractivity contribution is 6.74. The highest BCUT2D eigenvalue weighted by atomic mass is 28.4. The van der Waals surface area contributed by atoms with Gasteiger partial charge in [-0.15, -0.1) is 0 Å². The van der Waals surface area contributed by atoms with Gasteiger partial charge in [-0.1, -0.05) is 20.8 Å². The lowest BCUT2D eigenvalue weighted by molar-refractivity contribution is 0.126. The normalized spacial score (nSPS) is 14.2. The first-order valence-corrected chi connectivity index (χ1v) is 9.55. The predicted molar refractivity (Wildman–Crippen MR) is 81.9 cm³/mol. The van der Waals surface area contributed by atoms with Crippen molar-refractivity contribution in [3.8, 4) is 5.88 Å². The molecule has 0 aliphatic rings. The molecule has 0 aromatic carbocycles. The summed E-state index contributed by atoms with van der Waals surface area (Å²) in [6, 6.07) is 3.46. The van der Waals surface area contributed by atoms with Crippen LogP contribution in [-0.2, 0) is 4.43 Å². The van der Waals surface area contributed by atoms with Gasteiger partial charge in [0.25, 0.3) is 0 Å². The summed E-state index contributed by atoms with van der Waals surface area (Å²) in [5.41, 5.74) is 6.33. The number of pyridine rings is 1. The van der Waals surface area contributed by atoms with E-state index in [1.54, 1.807) is 18.3 Å². The second kappa shape index (κ2) is 5.92. The number of aromatic nitrogens is 1. The maximum atomic E-state index is 6.21. The average molecular weight is 282 g/mol. The van der Waals surface area contributed by atoms with E-state index in [1.165, 1.54) is 0 Å². The van der Waals surface area contributed by atoms with Crippen molar-refractivity contribution in [2.24, 2.45) is 0 Å². The number of nitrogens with zero attached hydrogens (tertiary/aromatic N) is 1. The van der Waals surface area contributed by atoms with E-state index in [1.807, 2.05) is 6.92 Å². The molecule has 1 heterocycles. The van der Waals surface area contributed by atoms with Crippen molar-refractivity contribution < 1.29 is 9.16 Å². The Morgan fingerprint density at radius 1 is 1.37 bits per heavy atom. The van der Waals surface area contributed by atoms with Crippen molar-refractivity contribution in [3.05, 3.63) is 18.3 Å². The maximum absolute atomic E-state index is 6.21. The molecule has 19 heavy (non-hydrogen) atoms. The molecule has 0 spiro atoms. The number of rotatable bonds is 5. The lowest BCUT2D eigenvalue weighted by Gasteiger charge is -2.38. The van der Waals surface area contributed by atoms with Crippen molar-refractivity contribution >= 4 is 14.0 Å². The van der Waals surface area contributed by atoms with Crippen molar-refractivity contribution in [2.45, 2.75) is 51.9 Å². The third-order valence-electron chi connectivity index (χ3n) is 3.53. The van der Waals surface area contributed by atoms with Gasteiger partial charge in [0.1, 0.15) is 6.61 Å². The first kappa shape index (κ1) is 16.0. The van der Waals surface area contributed by atoms with Gasteiger partial charge in [-0.3, -0.25) is 0 Å². The fourth-order valence-corrected chi connectivity index (χ4v) is 2.85. The van der Waals surface area contributed by atoms with Crippen LogP contribution in [-0.4, -0.2) is 26.0 Å². The van der Waals surface area contributed by atoms with Crippen LogP contribution in [0.4, 0.5) is 5.69 Å². The largest absolute Gasteiger partial charge is 0.475 e. The van der Waals surface area contributed by atoms with Crippen molar-refractivity contribution in [1.82, 2.24) is 4.98 Å². The summed E-state index contributed by atoms with van der Waals surface area (Å²) in [7, 11) is -1.74. The molecule has 1 aromatic heterocycles. The number of hydrogen-bond acceptors (Lipinski definition) is 4. The molecular weight excluding hydrogens is 256 g/mol. The highest BCUT2D eigenvalue weighted by Crippen LogP contribution is 2.37.